The van der Waals surface area contributed by atoms with Gasteiger partial charge in [0.15, 0.2) is 23.1 Å². The number of methoxy groups -OCH3 is 1. The quantitative estimate of drug-likeness (QED) is 0.230. The average Bonchev–Trinajstić information content (AvgIpc) is 3.40. The molecule has 0 radical (unpaired) electrons. The highest BCUT2D eigenvalue weighted by molar-refractivity contribution is 5.96. The Bertz CT molecular complexity index is 1350. The third-order valence-electron chi connectivity index (χ3n) is 8.99. The monoisotopic (exact) mass is 564 g/mol. The molecule has 0 spiro atoms. The molecule has 2 aromatic carbocycles. The summed E-state index contributed by atoms with van der Waals surface area (Å²) in [6.07, 6.45) is 10.8. The van der Waals surface area contributed by atoms with Gasteiger partial charge in [-0.3, -0.25) is 4.98 Å². The Morgan fingerprint density at radius 2 is 1.76 bits per heavy atom. The maximum atomic E-state index is 14.4. The number of nitrogens with zero attached hydrogens (tertiary/aromatic N) is 3. The topological polar surface area (TPSA) is 49.9 Å². The van der Waals surface area contributed by atoms with Crippen LogP contribution in [0.2, 0.25) is 0 Å². The fourth-order valence-corrected chi connectivity index (χ4v) is 6.73. The fraction of sp³-hybridized carbons (Fsp3) is 0.545. The van der Waals surface area contributed by atoms with Crippen LogP contribution >= 0.6 is 0 Å². The van der Waals surface area contributed by atoms with E-state index in [1.54, 1.807) is 19.2 Å². The summed E-state index contributed by atoms with van der Waals surface area (Å²) in [6, 6.07) is 8.79. The number of likely N-dealkylation sites (tertiary alicyclic amines) is 1. The molecule has 8 heteroatoms. The number of aryl methyl sites for hydroxylation is 1. The van der Waals surface area contributed by atoms with E-state index in [0.717, 1.165) is 79.6 Å². The molecule has 1 aliphatic carbocycles. The number of nitrogens with one attached hydrogen (secondary N) is 1. The molecule has 0 bridgehead atoms. The smallest absolute Gasteiger partial charge is 0.182 e. The van der Waals surface area contributed by atoms with Gasteiger partial charge >= 0.3 is 0 Å². The minimum atomic E-state index is -0.794. The lowest BCUT2D eigenvalue weighted by molar-refractivity contribution is 0.254. The number of fused-ring (bicyclic) bond motifs is 2. The van der Waals surface area contributed by atoms with E-state index in [1.165, 1.54) is 49.7 Å². The molecule has 3 aliphatic rings. The molecule has 1 aromatic heterocycles. The zero-order valence-corrected chi connectivity index (χ0v) is 24.2. The molecular formula is C33H42F2N4O2. The molecule has 2 aliphatic heterocycles. The van der Waals surface area contributed by atoms with E-state index in [0.29, 0.717) is 25.4 Å². The van der Waals surface area contributed by atoms with E-state index in [-0.39, 0.29) is 6.04 Å². The number of ether oxygens (including phenoxy) is 2. The molecule has 0 saturated carbocycles. The van der Waals surface area contributed by atoms with Gasteiger partial charge in [0, 0.05) is 48.5 Å². The molecule has 3 heterocycles. The van der Waals surface area contributed by atoms with E-state index in [9.17, 15) is 8.78 Å². The van der Waals surface area contributed by atoms with Gasteiger partial charge in [0.1, 0.15) is 0 Å². The van der Waals surface area contributed by atoms with Crippen molar-refractivity contribution in [3.05, 3.63) is 53.2 Å². The molecule has 6 rings (SSSR count). The first-order valence-electron chi connectivity index (χ1n) is 15.4. The third kappa shape index (κ3) is 6.22. The van der Waals surface area contributed by atoms with Crippen molar-refractivity contribution in [2.75, 3.05) is 56.7 Å². The van der Waals surface area contributed by atoms with Crippen LogP contribution in [-0.2, 0) is 12.8 Å². The van der Waals surface area contributed by atoms with Gasteiger partial charge in [0.25, 0.3) is 0 Å². The molecule has 220 valence electrons. The molecular weight excluding hydrogens is 522 g/mol. The largest absolute Gasteiger partial charge is 0.493 e. The van der Waals surface area contributed by atoms with Gasteiger partial charge in [0.2, 0.25) is 0 Å². The van der Waals surface area contributed by atoms with E-state index >= 15 is 0 Å². The van der Waals surface area contributed by atoms with E-state index in [1.807, 2.05) is 4.90 Å². The van der Waals surface area contributed by atoms with Gasteiger partial charge in [0.05, 0.1) is 24.9 Å². The standard InChI is InChI=1S/C33H42F2N4O2/c1-40-30-21-25-28(22-31(30)41-20-8-17-38-15-5-6-16-38)37-27-11-4-2-3-9-24(27)33(25)36-23-13-18-39(19-14-23)29-12-7-10-26(34)32(29)35/h7,10,12,21-23H,2-6,8-9,11,13-20H2,1H3,(H,36,37). The summed E-state index contributed by atoms with van der Waals surface area (Å²) in [5.41, 5.74) is 4.94. The van der Waals surface area contributed by atoms with Crippen LogP contribution in [0.15, 0.2) is 30.3 Å². The first kappa shape index (κ1) is 28.0. The highest BCUT2D eigenvalue weighted by Crippen LogP contribution is 2.40. The lowest BCUT2D eigenvalue weighted by Crippen LogP contribution is -2.39. The summed E-state index contributed by atoms with van der Waals surface area (Å²) in [7, 11) is 1.70. The minimum absolute atomic E-state index is 0.230. The van der Waals surface area contributed by atoms with Crippen LogP contribution < -0.4 is 19.7 Å². The Labute approximate surface area is 242 Å². The van der Waals surface area contributed by atoms with Crippen LogP contribution in [0.4, 0.5) is 20.2 Å². The van der Waals surface area contributed by atoms with Crippen molar-refractivity contribution in [3.63, 3.8) is 0 Å². The van der Waals surface area contributed by atoms with Crippen molar-refractivity contribution in [1.29, 1.82) is 0 Å². The minimum Gasteiger partial charge on any atom is -0.493 e. The summed E-state index contributed by atoms with van der Waals surface area (Å²) >= 11 is 0. The van der Waals surface area contributed by atoms with Crippen LogP contribution in [0, 0.1) is 11.6 Å². The van der Waals surface area contributed by atoms with Gasteiger partial charge in [-0.25, -0.2) is 8.78 Å². The van der Waals surface area contributed by atoms with E-state index in [4.69, 9.17) is 14.5 Å². The Kier molecular flexibility index (Phi) is 8.75. The van der Waals surface area contributed by atoms with Crippen LogP contribution in [0.1, 0.15) is 62.6 Å². The maximum absolute atomic E-state index is 14.4. The van der Waals surface area contributed by atoms with Gasteiger partial charge in [-0.15, -0.1) is 0 Å². The molecule has 1 N–H and O–H groups in total. The Balaban J connectivity index is 1.23. The molecule has 2 fully saturated rings. The number of halogens is 2. The number of hydrogen-bond donors (Lipinski definition) is 1. The van der Waals surface area contributed by atoms with Gasteiger partial charge in [-0.2, -0.15) is 0 Å². The van der Waals surface area contributed by atoms with Crippen LogP contribution in [0.5, 0.6) is 11.5 Å². The summed E-state index contributed by atoms with van der Waals surface area (Å²) in [6.45, 7) is 5.46. The van der Waals surface area contributed by atoms with Crippen LogP contribution in [-0.4, -0.2) is 62.4 Å². The lowest BCUT2D eigenvalue weighted by Gasteiger charge is -2.35. The van der Waals surface area contributed by atoms with Crippen molar-refractivity contribution in [3.8, 4) is 11.5 Å². The van der Waals surface area contributed by atoms with Crippen molar-refractivity contribution in [2.45, 2.75) is 70.3 Å². The van der Waals surface area contributed by atoms with Crippen LogP contribution in [0.3, 0.4) is 0 Å². The summed E-state index contributed by atoms with van der Waals surface area (Å²) in [5.74, 6) is -0.0736. The second-order valence-corrected chi connectivity index (χ2v) is 11.7. The van der Waals surface area contributed by atoms with Crippen molar-refractivity contribution < 1.29 is 18.3 Å². The lowest BCUT2D eigenvalue weighted by atomic mass is 9.98. The average molecular weight is 565 g/mol. The second kappa shape index (κ2) is 12.8. The molecule has 0 unspecified atom stereocenters. The molecule has 2 saturated heterocycles. The van der Waals surface area contributed by atoms with Crippen molar-refractivity contribution in [1.82, 2.24) is 9.88 Å². The Morgan fingerprint density at radius 3 is 2.56 bits per heavy atom. The number of aromatic nitrogens is 1. The molecule has 0 amide bonds. The zero-order chi connectivity index (χ0) is 28.2. The second-order valence-electron chi connectivity index (χ2n) is 11.7. The predicted molar refractivity (Wildman–Crippen MR) is 161 cm³/mol. The number of pyridine rings is 1. The van der Waals surface area contributed by atoms with Crippen molar-refractivity contribution >= 4 is 22.3 Å². The fourth-order valence-electron chi connectivity index (χ4n) is 6.73. The maximum Gasteiger partial charge on any atom is 0.182 e. The molecule has 41 heavy (non-hydrogen) atoms. The highest BCUT2D eigenvalue weighted by atomic mass is 19.2. The van der Waals surface area contributed by atoms with E-state index in [2.05, 4.69) is 22.3 Å². The molecule has 0 atom stereocenters. The Morgan fingerprint density at radius 1 is 0.951 bits per heavy atom. The number of rotatable bonds is 9. The van der Waals surface area contributed by atoms with Crippen LogP contribution in [0.25, 0.3) is 10.9 Å². The summed E-state index contributed by atoms with van der Waals surface area (Å²) < 4.78 is 40.4. The zero-order valence-electron chi connectivity index (χ0n) is 24.2. The summed E-state index contributed by atoms with van der Waals surface area (Å²) in [4.78, 5) is 9.62. The Hall–Kier alpha value is -3.13. The third-order valence-corrected chi connectivity index (χ3v) is 8.99. The SMILES string of the molecule is COc1cc2c(NC3CCN(c4cccc(F)c4F)CC3)c3c(nc2cc1OCCCN1CCCC1)CCCCC3. The normalized spacial score (nSPS) is 18.4. The van der Waals surface area contributed by atoms with Crippen molar-refractivity contribution in [2.24, 2.45) is 0 Å². The number of piperidine rings is 1. The number of benzene rings is 2. The predicted octanol–water partition coefficient (Wildman–Crippen LogP) is 6.74. The molecule has 3 aromatic rings. The summed E-state index contributed by atoms with van der Waals surface area (Å²) in [5, 5.41) is 4.96. The molecule has 6 nitrogen and oxygen atoms in total. The van der Waals surface area contributed by atoms with Gasteiger partial charge < -0.3 is 24.6 Å². The highest BCUT2D eigenvalue weighted by Gasteiger charge is 2.26. The van der Waals surface area contributed by atoms with E-state index < -0.39 is 11.6 Å². The number of anilines is 2. The van der Waals surface area contributed by atoms with Gasteiger partial charge in [-0.05, 0) is 94.6 Å². The number of hydrogen-bond acceptors (Lipinski definition) is 6. The first-order chi connectivity index (χ1) is 20.1. The first-order valence-corrected chi connectivity index (χ1v) is 15.4. The van der Waals surface area contributed by atoms with Gasteiger partial charge in [-0.1, -0.05) is 12.5 Å².